The van der Waals surface area contributed by atoms with Crippen LogP contribution in [-0.4, -0.2) is 22.6 Å². The van der Waals surface area contributed by atoms with Crippen molar-refractivity contribution >= 4 is 16.3 Å². The van der Waals surface area contributed by atoms with Crippen molar-refractivity contribution in [2.75, 3.05) is 18.0 Å². The van der Waals surface area contributed by atoms with Gasteiger partial charge in [-0.1, -0.05) is 0 Å². The minimum absolute atomic E-state index is 0.670. The Morgan fingerprint density at radius 2 is 2.35 bits per heavy atom. The Labute approximate surface area is 105 Å². The van der Waals surface area contributed by atoms with E-state index < -0.39 is 0 Å². The van der Waals surface area contributed by atoms with Crippen molar-refractivity contribution in [3.05, 3.63) is 35.2 Å². The predicted octanol–water partition coefficient (Wildman–Crippen LogP) is 1.47. The summed E-state index contributed by atoms with van der Waals surface area (Å²) in [6, 6.07) is 4.28. The van der Waals surface area contributed by atoms with Crippen LogP contribution in [0.4, 0.5) is 5.00 Å². The highest BCUT2D eigenvalue weighted by Crippen LogP contribution is 2.26. The molecule has 2 aromatic rings. The second-order valence-electron chi connectivity index (χ2n) is 4.24. The second kappa shape index (κ2) is 4.50. The van der Waals surface area contributed by atoms with Crippen molar-refractivity contribution in [2.45, 2.75) is 19.5 Å². The Bertz CT molecular complexity index is 489. The summed E-state index contributed by atoms with van der Waals surface area (Å²) in [4.78, 5) is 6.88. The average molecular weight is 248 g/mol. The number of nitrogens with zero attached hydrogens (tertiary/aromatic N) is 3. The number of fused-ring (bicyclic) bond motifs is 1. The lowest BCUT2D eigenvalue weighted by atomic mass is 10.2. The van der Waals surface area contributed by atoms with Crippen molar-refractivity contribution in [3.63, 3.8) is 0 Å². The number of aromatic nitrogens is 2. The maximum atomic E-state index is 5.62. The van der Waals surface area contributed by atoms with Gasteiger partial charge in [0.2, 0.25) is 0 Å². The summed E-state index contributed by atoms with van der Waals surface area (Å²) in [5.74, 6) is 0. The normalized spacial score (nSPS) is 15.0. The maximum absolute atomic E-state index is 5.62. The third-order valence-corrected chi connectivity index (χ3v) is 4.11. The van der Waals surface area contributed by atoms with Crippen LogP contribution < -0.4 is 10.6 Å². The second-order valence-corrected chi connectivity index (χ2v) is 5.17. The third-order valence-electron chi connectivity index (χ3n) is 3.18. The summed E-state index contributed by atoms with van der Waals surface area (Å²) in [7, 11) is 0. The van der Waals surface area contributed by atoms with Gasteiger partial charge in [0.1, 0.15) is 0 Å². The Hall–Kier alpha value is -1.33. The van der Waals surface area contributed by atoms with Gasteiger partial charge in [0.05, 0.1) is 29.3 Å². The quantitative estimate of drug-likeness (QED) is 0.894. The number of thiophene rings is 1. The molecule has 0 radical (unpaired) electrons. The van der Waals surface area contributed by atoms with E-state index in [2.05, 4.69) is 32.0 Å². The Balaban J connectivity index is 1.86. The molecule has 4 nitrogen and oxygen atoms in total. The molecule has 0 saturated carbocycles. The molecular formula is C12H16N4S. The summed E-state index contributed by atoms with van der Waals surface area (Å²) in [5.41, 5.74) is 8.11. The summed E-state index contributed by atoms with van der Waals surface area (Å²) < 4.78 is 2.26. The van der Waals surface area contributed by atoms with Crippen LogP contribution in [0.1, 0.15) is 11.4 Å². The van der Waals surface area contributed by atoms with E-state index in [1.807, 2.05) is 6.33 Å². The number of imidazole rings is 1. The molecule has 0 saturated heterocycles. The number of nitrogens with two attached hydrogens (primary N) is 1. The van der Waals surface area contributed by atoms with Gasteiger partial charge in [0.25, 0.3) is 0 Å². The summed E-state index contributed by atoms with van der Waals surface area (Å²) in [6.07, 6.45) is 2.83. The van der Waals surface area contributed by atoms with Gasteiger partial charge in [-0.15, -0.1) is 11.3 Å². The Kier molecular flexibility index (Phi) is 2.86. The largest absolute Gasteiger partial charge is 0.356 e. The molecule has 0 aromatic carbocycles. The minimum atomic E-state index is 0.670. The van der Waals surface area contributed by atoms with Crippen LogP contribution in [0, 0.1) is 0 Å². The third kappa shape index (κ3) is 1.96. The van der Waals surface area contributed by atoms with E-state index in [4.69, 9.17) is 5.73 Å². The number of rotatable bonds is 3. The SMILES string of the molecule is NCCc1ncn2c1CN(c1cccs1)CC2. The van der Waals surface area contributed by atoms with Gasteiger partial charge in [0, 0.05) is 19.5 Å². The van der Waals surface area contributed by atoms with Gasteiger partial charge in [-0.3, -0.25) is 0 Å². The van der Waals surface area contributed by atoms with Crippen molar-refractivity contribution in [2.24, 2.45) is 5.73 Å². The molecular weight excluding hydrogens is 232 g/mol. The zero-order valence-electron chi connectivity index (χ0n) is 9.67. The van der Waals surface area contributed by atoms with Crippen molar-refractivity contribution in [1.29, 1.82) is 0 Å². The molecule has 2 aromatic heterocycles. The highest BCUT2D eigenvalue weighted by atomic mass is 32.1. The predicted molar refractivity (Wildman–Crippen MR) is 70.4 cm³/mol. The molecule has 0 amide bonds. The Morgan fingerprint density at radius 3 is 3.12 bits per heavy atom. The molecule has 3 rings (SSSR count). The fourth-order valence-corrected chi connectivity index (χ4v) is 3.05. The molecule has 90 valence electrons. The van der Waals surface area contributed by atoms with Crippen LogP contribution in [0.25, 0.3) is 0 Å². The molecule has 0 bridgehead atoms. The van der Waals surface area contributed by atoms with Crippen LogP contribution in [-0.2, 0) is 19.5 Å². The van der Waals surface area contributed by atoms with Gasteiger partial charge in [-0.2, -0.15) is 0 Å². The maximum Gasteiger partial charge on any atom is 0.0952 e. The van der Waals surface area contributed by atoms with Crippen LogP contribution >= 0.6 is 11.3 Å². The number of hydrogen-bond donors (Lipinski definition) is 1. The highest BCUT2D eigenvalue weighted by Gasteiger charge is 2.20. The van der Waals surface area contributed by atoms with Crippen LogP contribution in [0.15, 0.2) is 23.8 Å². The zero-order valence-corrected chi connectivity index (χ0v) is 10.5. The van der Waals surface area contributed by atoms with Gasteiger partial charge < -0.3 is 15.2 Å². The van der Waals surface area contributed by atoms with E-state index >= 15 is 0 Å². The van der Waals surface area contributed by atoms with Crippen LogP contribution in [0.5, 0.6) is 0 Å². The summed E-state index contributed by atoms with van der Waals surface area (Å²) in [5, 5.41) is 3.47. The number of anilines is 1. The van der Waals surface area contributed by atoms with Gasteiger partial charge in [-0.05, 0) is 24.1 Å². The van der Waals surface area contributed by atoms with Crippen molar-refractivity contribution in [3.8, 4) is 0 Å². The molecule has 2 N–H and O–H groups in total. The van der Waals surface area contributed by atoms with Crippen LogP contribution in [0.3, 0.4) is 0 Å². The molecule has 1 aliphatic heterocycles. The first kappa shape index (κ1) is 10.8. The molecule has 17 heavy (non-hydrogen) atoms. The molecule has 3 heterocycles. The lowest BCUT2D eigenvalue weighted by Gasteiger charge is -2.29. The zero-order chi connectivity index (χ0) is 11.7. The Morgan fingerprint density at radius 1 is 1.41 bits per heavy atom. The van der Waals surface area contributed by atoms with E-state index in [0.717, 1.165) is 31.7 Å². The van der Waals surface area contributed by atoms with Crippen LogP contribution in [0.2, 0.25) is 0 Å². The van der Waals surface area contributed by atoms with E-state index in [1.54, 1.807) is 11.3 Å². The lowest BCUT2D eigenvalue weighted by Crippen LogP contribution is -2.33. The molecule has 0 fully saturated rings. The van der Waals surface area contributed by atoms with Gasteiger partial charge in [0.15, 0.2) is 0 Å². The monoisotopic (exact) mass is 248 g/mol. The molecule has 0 spiro atoms. The standard InChI is InChI=1S/C12H16N4S/c13-4-3-10-11-8-15(12-2-1-7-17-12)5-6-16(11)9-14-10/h1-2,7,9H,3-6,8,13H2. The number of hydrogen-bond acceptors (Lipinski definition) is 4. The minimum Gasteiger partial charge on any atom is -0.356 e. The molecule has 0 aliphatic carbocycles. The van der Waals surface area contributed by atoms with E-state index in [-0.39, 0.29) is 0 Å². The van der Waals surface area contributed by atoms with Gasteiger partial charge >= 0.3 is 0 Å². The molecule has 0 unspecified atom stereocenters. The fraction of sp³-hybridized carbons (Fsp3) is 0.417. The molecule has 0 atom stereocenters. The van der Waals surface area contributed by atoms with Crippen molar-refractivity contribution in [1.82, 2.24) is 9.55 Å². The molecule has 5 heteroatoms. The first-order valence-corrected chi connectivity index (χ1v) is 6.78. The first-order chi connectivity index (χ1) is 8.38. The van der Waals surface area contributed by atoms with E-state index in [1.165, 1.54) is 10.7 Å². The smallest absolute Gasteiger partial charge is 0.0952 e. The molecule has 1 aliphatic rings. The topological polar surface area (TPSA) is 47.1 Å². The fourth-order valence-electron chi connectivity index (χ4n) is 2.30. The van der Waals surface area contributed by atoms with E-state index in [0.29, 0.717) is 6.54 Å². The van der Waals surface area contributed by atoms with Crippen molar-refractivity contribution < 1.29 is 0 Å². The van der Waals surface area contributed by atoms with E-state index in [9.17, 15) is 0 Å². The van der Waals surface area contributed by atoms with Gasteiger partial charge in [-0.25, -0.2) is 4.98 Å². The first-order valence-electron chi connectivity index (χ1n) is 5.90. The highest BCUT2D eigenvalue weighted by molar-refractivity contribution is 7.14. The summed E-state index contributed by atoms with van der Waals surface area (Å²) >= 11 is 1.80. The lowest BCUT2D eigenvalue weighted by molar-refractivity contribution is 0.570. The average Bonchev–Trinajstić information content (AvgIpc) is 2.98. The summed E-state index contributed by atoms with van der Waals surface area (Å²) in [6.45, 7) is 3.70.